The quantitative estimate of drug-likeness (QED) is 0.00489. The van der Waals surface area contributed by atoms with Crippen molar-refractivity contribution < 1.29 is 126 Å². The highest BCUT2D eigenvalue weighted by atomic mass is 16.6. The summed E-state index contributed by atoms with van der Waals surface area (Å²) < 4.78 is 10.6. The van der Waals surface area contributed by atoms with Crippen LogP contribution in [0.3, 0.4) is 0 Å². The number of nitrogens with one attached hydrogen (secondary N) is 20. The maximum Gasteiger partial charge on any atom is 0.339 e. The van der Waals surface area contributed by atoms with E-state index in [-0.39, 0.29) is 113 Å². The van der Waals surface area contributed by atoms with E-state index in [1.54, 1.807) is 38.1 Å². The molecular weight excluding hydrogens is 1880 g/mol. The number of aliphatic hydroxyl groups is 1. The molecule has 0 fully saturated rings. The number of carboxylic acid groups (broad SMARTS) is 3. The number of fused-ring (bicyclic) bond motifs is 1. The van der Waals surface area contributed by atoms with Gasteiger partial charge in [0.1, 0.15) is 95.6 Å². The monoisotopic (exact) mass is 2000 g/mol. The number of para-hydroxylation sites is 1. The number of carbonyl (C=O) groups excluding carboxylic acids is 15. The average molecular weight is 2000 g/mol. The first-order valence-electron chi connectivity index (χ1n) is 44.7. The standard InChI is InChI=1S/C86H125N27O29/c1-42(2)34-56(107-81(134)58(38-63(87)115)110-83(136)69(43(3)4)111-77(130)55(27-29-66(119)120)106-82(135)60(41-114)100-64(116)36-46-18-12-19-48-62(141-6)40-68(123)142-70(46)48)79(132)109-59(39-67(121)122)78(131)99-44(5)72(125)102-54(26-28-65(117)118)76(129)108-57(35-45-16-8-7-9-17-45)80(133)105-53(23-15-33-98-86(93)94)75(128)103-51(20-10-11-30-95-49-25-24-47(112(137)138)37-61(49)113(139)140)74(127)104-52(22-14-32-97-85(91)92)73(126)101-50(71(88)124)21-13-31-96-84(89)90/h7-9,12,16-19,24-25,37,40,42-44,50-60,69,95,114H,10-11,13-15,20-23,26-36,38-39,41H2,1-6H3,(H2,87,115)(H2,88,124)(H,99,131)(H,100,116)(H,101,126)(H,102,125)(H,103,128)(H,104,127)(H,105,133)(H,106,135)(H,107,134)(H,108,129)(H,109,132)(H,110,136)(H,111,130)(H,117,118)(H,119,120)(H,121,122)(H4,89,90,96)(H4,91,92,97)(H4,93,94,98). The van der Waals surface area contributed by atoms with Crippen LogP contribution in [0.5, 0.6) is 5.75 Å². The zero-order valence-electron chi connectivity index (χ0n) is 78.6. The summed E-state index contributed by atoms with van der Waals surface area (Å²) in [7, 11) is 1.30. The number of rotatable bonds is 65. The Balaban J connectivity index is 1.64. The van der Waals surface area contributed by atoms with E-state index in [2.05, 4.69) is 90.4 Å². The molecule has 0 saturated carbocycles. The van der Waals surface area contributed by atoms with Gasteiger partial charge < -0.3 is 149 Å². The van der Waals surface area contributed by atoms with Gasteiger partial charge in [-0.15, -0.1) is 0 Å². The van der Waals surface area contributed by atoms with Crippen molar-refractivity contribution in [2.24, 2.45) is 40.5 Å². The molecule has 13 unspecified atom stereocenters. The highest BCUT2D eigenvalue weighted by Crippen LogP contribution is 2.30. The number of unbranched alkanes of at least 4 members (excludes halogenated alkanes) is 1. The Morgan fingerprint density at radius 3 is 1.35 bits per heavy atom. The number of nitro groups is 2. The maximum atomic E-state index is 15.1. The molecule has 34 N–H and O–H groups in total. The van der Waals surface area contributed by atoms with Crippen LogP contribution in [-0.4, -0.2) is 273 Å². The van der Waals surface area contributed by atoms with Crippen molar-refractivity contribution in [3.63, 3.8) is 0 Å². The Morgan fingerprint density at radius 2 is 0.880 bits per heavy atom. The van der Waals surface area contributed by atoms with Crippen LogP contribution in [0.4, 0.5) is 17.1 Å². The second kappa shape index (κ2) is 59.6. The maximum absolute atomic E-state index is 15.1. The normalized spacial score (nSPS) is 13.7. The number of nitrogens with two attached hydrogens (primary N) is 5. The van der Waals surface area contributed by atoms with E-state index < -0.39 is 300 Å². The Hall–Kier alpha value is -16.5. The summed E-state index contributed by atoms with van der Waals surface area (Å²) in [5.74, 6) is -25.2. The SMILES string of the molecule is COc1cc(=O)oc2c(CC(=O)NC(CO)C(=O)NC(CCC(=O)O)C(=O)NC(C(=O)NC(CC(N)=O)C(=O)NC(CC(C)C)C(=O)NC(CC(=O)O)C(=O)NC(C)C(=O)NC(CCC(=O)O)C(=O)NC(Cc3ccccc3)C(=O)NC(CCCNC(=N)N)C(=O)NC(CCCCNc3ccc([N+](=O)[O-])cc3[N+](=O)[O-])C(=O)NC(CCCNC(=N)N)C(=O)NC(CCCNC(=N)N)C(N)=O)C(C)C)cccc12. The summed E-state index contributed by atoms with van der Waals surface area (Å²) in [6.45, 7) is 5.63. The number of anilines is 1. The van der Waals surface area contributed by atoms with Crippen LogP contribution < -0.4 is 129 Å². The number of carbonyl (C=O) groups is 18. The minimum Gasteiger partial charge on any atom is -0.496 e. The molecule has 13 atom stereocenters. The van der Waals surface area contributed by atoms with Gasteiger partial charge >= 0.3 is 23.5 Å². The van der Waals surface area contributed by atoms with E-state index in [4.69, 9.17) is 54.1 Å². The molecule has 15 amide bonds. The summed E-state index contributed by atoms with van der Waals surface area (Å²) in [5, 5.41) is 128. The molecule has 0 aliphatic carbocycles. The van der Waals surface area contributed by atoms with Crippen LogP contribution in [0, 0.1) is 48.3 Å². The summed E-state index contributed by atoms with van der Waals surface area (Å²) >= 11 is 0. The number of hydrogen-bond donors (Lipinski definition) is 29. The third kappa shape index (κ3) is 42.2. The van der Waals surface area contributed by atoms with Crippen molar-refractivity contribution in [3.05, 3.63) is 115 Å². The van der Waals surface area contributed by atoms with E-state index >= 15 is 9.59 Å². The molecule has 0 bridgehead atoms. The summed E-state index contributed by atoms with van der Waals surface area (Å²) in [4.78, 5) is 283. The van der Waals surface area contributed by atoms with E-state index in [0.29, 0.717) is 10.9 Å². The lowest BCUT2D eigenvalue weighted by Gasteiger charge is -2.29. The number of non-ortho nitro benzene ring substituents is 1. The van der Waals surface area contributed by atoms with E-state index in [9.17, 15) is 122 Å². The number of nitro benzene ring substituents is 2. The fourth-order valence-corrected chi connectivity index (χ4v) is 14.0. The molecule has 1 aromatic heterocycles. The molecule has 4 rings (SSSR count). The molecule has 0 aliphatic heterocycles. The molecule has 4 aromatic rings. The van der Waals surface area contributed by atoms with Crippen LogP contribution >= 0.6 is 0 Å². The molecule has 0 radical (unpaired) electrons. The van der Waals surface area contributed by atoms with Crippen molar-refractivity contribution in [2.45, 2.75) is 229 Å². The number of ether oxygens (including phenoxy) is 1. The molecule has 56 nitrogen and oxygen atoms in total. The highest BCUT2D eigenvalue weighted by Gasteiger charge is 2.40. The van der Waals surface area contributed by atoms with Crippen LogP contribution in [0.1, 0.15) is 148 Å². The lowest BCUT2D eigenvalue weighted by molar-refractivity contribution is -0.393. The van der Waals surface area contributed by atoms with Gasteiger partial charge in [0, 0.05) is 57.1 Å². The van der Waals surface area contributed by atoms with Crippen molar-refractivity contribution in [3.8, 4) is 5.75 Å². The average Bonchev–Trinajstić information content (AvgIpc) is 0.791. The molecule has 0 saturated heterocycles. The zero-order chi connectivity index (χ0) is 106. The molecule has 0 aliphatic rings. The molecule has 56 heteroatoms. The topological polar surface area (TPSA) is 920 Å². The predicted octanol–water partition coefficient (Wildman–Crippen LogP) is -5.94. The van der Waals surface area contributed by atoms with Gasteiger partial charge in [0.25, 0.3) is 11.4 Å². The minimum atomic E-state index is -2.14. The van der Waals surface area contributed by atoms with Gasteiger partial charge in [-0.3, -0.25) is 123 Å². The summed E-state index contributed by atoms with van der Waals surface area (Å²) in [5.41, 5.74) is 25.9. The number of hydrogen-bond acceptors (Lipinski definition) is 30. The first-order chi connectivity index (χ1) is 66.9. The Morgan fingerprint density at radius 1 is 0.444 bits per heavy atom. The van der Waals surface area contributed by atoms with Gasteiger partial charge in [0.05, 0.1) is 60.3 Å². The predicted molar refractivity (Wildman–Crippen MR) is 504 cm³/mol. The van der Waals surface area contributed by atoms with Gasteiger partial charge in [-0.2, -0.15) is 0 Å². The number of guanidine groups is 3. The van der Waals surface area contributed by atoms with Gasteiger partial charge in [0.2, 0.25) is 88.6 Å². The molecular formula is C86H125N27O29. The lowest BCUT2D eigenvalue weighted by Crippen LogP contribution is -2.61. The third-order valence-corrected chi connectivity index (χ3v) is 21.2. The summed E-state index contributed by atoms with van der Waals surface area (Å²) in [6, 6.07) is -7.07. The van der Waals surface area contributed by atoms with Crippen molar-refractivity contribution in [1.82, 2.24) is 85.1 Å². The number of nitrogens with zero attached hydrogens (tertiary/aromatic N) is 2. The van der Waals surface area contributed by atoms with Gasteiger partial charge in [-0.05, 0) is 114 Å². The smallest absolute Gasteiger partial charge is 0.339 e. The Labute approximate surface area is 811 Å². The number of methoxy groups -OCH3 is 1. The number of primary amides is 2. The molecule has 1 heterocycles. The number of aliphatic hydroxyl groups excluding tert-OH is 1. The molecule has 3 aromatic carbocycles. The Bertz CT molecular complexity index is 5260. The van der Waals surface area contributed by atoms with Crippen LogP contribution in [0.25, 0.3) is 11.0 Å². The van der Waals surface area contributed by atoms with Crippen LogP contribution in [-0.2, 0) is 99.1 Å². The lowest BCUT2D eigenvalue weighted by atomic mass is 10.00. The zero-order valence-corrected chi connectivity index (χ0v) is 78.6. The van der Waals surface area contributed by atoms with Gasteiger partial charge in [-0.1, -0.05) is 70.2 Å². The second-order valence-corrected chi connectivity index (χ2v) is 33.4. The van der Waals surface area contributed by atoms with E-state index in [0.717, 1.165) is 31.2 Å². The number of benzene rings is 3. The van der Waals surface area contributed by atoms with Gasteiger partial charge in [0.15, 0.2) is 17.9 Å². The largest absolute Gasteiger partial charge is 0.496 e. The first-order valence-corrected chi connectivity index (χ1v) is 44.7. The number of carboxylic acids is 3. The third-order valence-electron chi connectivity index (χ3n) is 21.2. The summed E-state index contributed by atoms with van der Waals surface area (Å²) in [6.07, 6.45) is -7.61. The fourth-order valence-electron chi connectivity index (χ4n) is 14.0. The van der Waals surface area contributed by atoms with Crippen LogP contribution in [0.2, 0.25) is 0 Å². The van der Waals surface area contributed by atoms with Crippen molar-refractivity contribution in [2.75, 3.05) is 45.2 Å². The van der Waals surface area contributed by atoms with E-state index in [1.165, 1.54) is 45.2 Å². The Kier molecular flexibility index (Phi) is 49.4. The van der Waals surface area contributed by atoms with E-state index in [1.807, 2.05) is 0 Å². The molecule has 142 heavy (non-hydrogen) atoms. The molecule has 0 spiro atoms. The fraction of sp³-hybridized carbons (Fsp3) is 0.512. The first kappa shape index (κ1) is 118. The number of aliphatic carboxylic acids is 3. The van der Waals surface area contributed by atoms with Gasteiger partial charge in [-0.25, -0.2) is 4.79 Å². The molecule has 778 valence electrons. The second-order valence-electron chi connectivity index (χ2n) is 33.4. The van der Waals surface area contributed by atoms with Crippen molar-refractivity contribution >= 4 is 152 Å². The highest BCUT2D eigenvalue weighted by molar-refractivity contribution is 6.02. The minimum absolute atomic E-state index is 0.0139. The number of amides is 15. The van der Waals surface area contributed by atoms with Crippen LogP contribution in [0.15, 0.2) is 82.0 Å². The van der Waals surface area contributed by atoms with Crippen molar-refractivity contribution in [1.29, 1.82) is 16.2 Å².